The van der Waals surface area contributed by atoms with Crippen molar-refractivity contribution in [3.8, 4) is 0 Å². The van der Waals surface area contributed by atoms with E-state index >= 15 is 0 Å². The van der Waals surface area contributed by atoms with Crippen LogP contribution in [0.15, 0.2) is 153 Å². The third-order valence-electron chi connectivity index (χ3n) is 18.1. The van der Waals surface area contributed by atoms with Crippen molar-refractivity contribution in [3.63, 3.8) is 0 Å². The van der Waals surface area contributed by atoms with Crippen molar-refractivity contribution in [2.45, 2.75) is 146 Å². The Morgan fingerprint density at radius 2 is 0.811 bits per heavy atom. The molecule has 3 heterocycles. The number of amides is 4. The van der Waals surface area contributed by atoms with Crippen molar-refractivity contribution in [1.82, 2.24) is 31.1 Å². The summed E-state index contributed by atoms with van der Waals surface area (Å²) in [7, 11) is -38.8. The molecule has 604 valence electrons. The van der Waals surface area contributed by atoms with Crippen LogP contribution in [-0.4, -0.2) is 114 Å². The Bertz CT molecular complexity index is 3730. The minimum atomic E-state index is -9.88. The summed E-state index contributed by atoms with van der Waals surface area (Å²) in [6, 6.07) is 22.0. The van der Waals surface area contributed by atoms with E-state index in [0.717, 1.165) is 87.3 Å². The van der Waals surface area contributed by atoms with Crippen molar-refractivity contribution >= 4 is 119 Å². The molecule has 5 aromatic rings. The molecule has 4 amide bonds. The first-order valence-corrected chi connectivity index (χ1v) is 41.3. The topological polar surface area (TPSA) is 183 Å². The number of rotatable bonds is 13. The summed E-state index contributed by atoms with van der Waals surface area (Å²) < 4.78 is 252. The fourth-order valence-corrected chi connectivity index (χ4v) is 15.7. The monoisotopic (exact) mass is 1700 g/mol. The molecule has 3 saturated heterocycles. The lowest BCUT2D eigenvalue weighted by molar-refractivity contribution is -0.191. The van der Waals surface area contributed by atoms with E-state index < -0.39 is 101 Å². The van der Waals surface area contributed by atoms with E-state index in [2.05, 4.69) is 56.5 Å². The molecule has 0 aromatic heterocycles. The summed E-state index contributed by atoms with van der Waals surface area (Å²) in [4.78, 5) is 61.8. The number of alkyl halides is 2. The molecule has 12 rings (SSSR count). The normalized spacial score (nSPS) is 24.0. The predicted molar refractivity (Wildman–Crippen MR) is 378 cm³/mol. The second kappa shape index (κ2) is 32.8. The second-order valence-electron chi connectivity index (χ2n) is 26.1. The predicted octanol–water partition coefficient (Wildman–Crippen LogP) is 21.9. The SMILES string of the molecule is Cl.Cl.ClCCl.FS(F)(F)(F)(F)c1ccccc1.NC1CCCC1.O=C(NC1CCCC1)c1cccc(S(F)(F)(F)(F)F)c1.O=C(N[C@@H]1CCN(C(=O)C2[C@H]3CN(C4CCC(c5ccccc5)CC4)C[C@@H]23)C1)c1cccc(S(F)(F)(F)(F)F)c1.O=C(N[C@@H]1CCNC1)c1cccc(S(F)(F)(F)(F)F)c1.O=C=O. The number of nitrogens with two attached hydrogens (primary N) is 1. The van der Waals surface area contributed by atoms with Crippen molar-refractivity contribution in [1.29, 1.82) is 0 Å². The maximum atomic E-state index is 13.2. The number of likely N-dealkylation sites (tertiary alicyclic amines) is 2. The number of benzene rings is 5. The molecule has 0 spiro atoms. The fourth-order valence-electron chi connectivity index (χ4n) is 12.9. The number of nitrogens with one attached hydrogen (secondary N) is 4. The largest absolute Gasteiger partial charge is 0.373 e. The zero-order chi connectivity index (χ0) is 77.9. The van der Waals surface area contributed by atoms with E-state index in [4.69, 9.17) is 38.5 Å². The van der Waals surface area contributed by atoms with Crippen molar-refractivity contribution < 1.29 is 106 Å². The summed E-state index contributed by atoms with van der Waals surface area (Å²) in [6.45, 7) is 3.81. The number of halogens is 24. The number of carbonyl (C=O) groups is 4. The van der Waals surface area contributed by atoms with Crippen LogP contribution in [0.1, 0.15) is 132 Å². The van der Waals surface area contributed by atoms with Crippen molar-refractivity contribution in [3.05, 3.63) is 156 Å². The van der Waals surface area contributed by atoms with Crippen LogP contribution < -0.4 is 27.0 Å². The summed E-state index contributed by atoms with van der Waals surface area (Å²) >= 11 is 9.53. The third kappa shape index (κ3) is 29.3. The van der Waals surface area contributed by atoms with Gasteiger partial charge in [0.1, 0.15) is 19.6 Å². The highest BCUT2D eigenvalue weighted by Crippen LogP contribution is 3.04. The molecular weight excluding hydrogens is 1620 g/mol. The van der Waals surface area contributed by atoms with Gasteiger partial charge in [-0.3, -0.25) is 24.1 Å². The van der Waals surface area contributed by atoms with Crippen LogP contribution in [0.2, 0.25) is 0 Å². The molecule has 0 bridgehead atoms. The van der Waals surface area contributed by atoms with Crippen LogP contribution in [0.25, 0.3) is 0 Å². The average molecular weight is 1710 g/mol. The van der Waals surface area contributed by atoms with Crippen LogP contribution in [0.3, 0.4) is 0 Å². The number of piperidine rings is 1. The zero-order valence-electron chi connectivity index (χ0n) is 55.9. The van der Waals surface area contributed by atoms with E-state index in [1.807, 2.05) is 0 Å². The molecule has 106 heavy (non-hydrogen) atoms. The first-order valence-electron chi connectivity index (χ1n) is 32.4. The quantitative estimate of drug-likeness (QED) is 0.0566. The van der Waals surface area contributed by atoms with Gasteiger partial charge in [0.25, 0.3) is 17.7 Å². The van der Waals surface area contributed by atoms with Crippen molar-refractivity contribution in [2.75, 3.05) is 44.6 Å². The Morgan fingerprint density at radius 3 is 1.16 bits per heavy atom. The van der Waals surface area contributed by atoms with E-state index in [1.165, 1.54) is 63.0 Å². The van der Waals surface area contributed by atoms with Gasteiger partial charge in [-0.25, -0.2) is 0 Å². The summed E-state index contributed by atoms with van der Waals surface area (Å²) in [5.74, 6) is -0.955. The minimum absolute atomic E-state index is 0. The lowest BCUT2D eigenvalue weighted by atomic mass is 9.81. The molecule has 13 nitrogen and oxygen atoms in total. The van der Waals surface area contributed by atoms with Gasteiger partial charge in [-0.1, -0.05) is 170 Å². The van der Waals surface area contributed by atoms with Crippen LogP contribution in [0.4, 0.5) is 77.7 Å². The smallest absolute Gasteiger partial charge is 0.349 e. The molecule has 5 atom stereocenters. The first-order chi connectivity index (χ1) is 47.5. The third-order valence-corrected chi connectivity index (χ3v) is 22.7. The number of hydrogen-bond acceptors (Lipinski definition) is 9. The van der Waals surface area contributed by atoms with Gasteiger partial charge in [0, 0.05) is 85.5 Å². The van der Waals surface area contributed by atoms with Gasteiger partial charge in [0.15, 0.2) is 0 Å². The molecule has 41 heteroatoms. The lowest BCUT2D eigenvalue weighted by Gasteiger charge is -2.40. The number of carbonyl (C=O) groups excluding carboxylic acids is 6. The Balaban J connectivity index is 0.000000304. The summed E-state index contributed by atoms with van der Waals surface area (Å²) in [5, 5.41) is 10.8. The number of hydrogen-bond donors (Lipinski definition) is 5. The zero-order valence-corrected chi connectivity index (χ0v) is 62.3. The highest BCUT2D eigenvalue weighted by molar-refractivity contribution is 8.46. The molecule has 7 fully saturated rings. The molecule has 4 saturated carbocycles. The minimum Gasteiger partial charge on any atom is -0.349 e. The maximum Gasteiger partial charge on any atom is 0.373 e. The van der Waals surface area contributed by atoms with E-state index in [1.54, 1.807) is 4.90 Å². The molecule has 7 aliphatic rings. The van der Waals surface area contributed by atoms with Crippen LogP contribution in [-0.2, 0) is 14.4 Å². The van der Waals surface area contributed by atoms with Crippen molar-refractivity contribution in [2.24, 2.45) is 23.5 Å². The van der Waals surface area contributed by atoms with Gasteiger partial charge in [0.2, 0.25) is 5.91 Å². The number of fused-ring (bicyclic) bond motifs is 1. The molecule has 3 aliphatic heterocycles. The second-order valence-corrected chi connectivity index (χ2v) is 36.5. The first kappa shape index (κ1) is 92.8. The number of nitrogens with zero attached hydrogens (tertiary/aromatic N) is 2. The van der Waals surface area contributed by atoms with E-state index in [0.29, 0.717) is 74.4 Å². The molecule has 4 aliphatic carbocycles. The van der Waals surface area contributed by atoms with Crippen LogP contribution in [0, 0.1) is 17.8 Å². The van der Waals surface area contributed by atoms with Gasteiger partial charge in [-0.2, -0.15) is 9.59 Å². The Labute approximate surface area is 622 Å². The van der Waals surface area contributed by atoms with Crippen LogP contribution >= 0.6 is 88.9 Å². The molecule has 5 aromatic carbocycles. The fraction of sp³-hybridized carbons (Fsp3) is 0.462. The standard InChI is InChI=1S/C29H34F5N3O2S.C12H14F5NOS.C11H13F5N2OS.C6H5F5S.C5H11N.CH2Cl2.CO2.2ClH/c30-40(31,32,33,34)24-8-4-7-21(15-24)28(38)35-22-13-14-36(16-22)29(39)27-25-17-37(18-26(25)27)23-11-9-20(10-12-23)19-5-2-1-3-6-19;13-20(14,15,16,17)11-7-3-4-9(8-11)12(19)18-10-5-1-2-6-10;12-20(13,14,15,16)10-3-1-2-8(6-10)11(19)18-9-4-5-17-7-9;7-12(8,9,10,11)6-4-2-1-3-5-6;6-5-3-1-2-4-5;2*2-1-3;;/h1-8,15,20,22-23,25-27H,9-14,16-18H2,(H,35,38);3-4,7-8,10H,1-2,5-6H2,(H,18,19);1-3,6,9,17H,4-5,7H2,(H,18,19);1-5H;5H,1-4,6H2;1H2;;2*1H/t20?,22-,23?,25-,26+,27?;;9-;;;;;;/m1.1....../s1. The molecule has 1 unspecified atom stereocenters. The Kier molecular flexibility index (Phi) is 28.7. The van der Waals surface area contributed by atoms with Gasteiger partial charge < -0.3 is 31.9 Å². The summed E-state index contributed by atoms with van der Waals surface area (Å²) in [6.07, 6.45) is 14.7. The highest BCUT2D eigenvalue weighted by Gasteiger charge is 2.68. The highest BCUT2D eigenvalue weighted by atomic mass is 35.5. The average Bonchev–Trinajstić information content (AvgIpc) is 1.55. The van der Waals surface area contributed by atoms with Gasteiger partial charge in [-0.15, -0.1) is 48.0 Å². The van der Waals surface area contributed by atoms with Crippen LogP contribution in [0.5, 0.6) is 0 Å². The van der Waals surface area contributed by atoms with Gasteiger partial charge in [-0.05, 0) is 161 Å². The van der Waals surface area contributed by atoms with Gasteiger partial charge in [0.05, 0.1) is 5.34 Å². The molecule has 0 radical (unpaired) electrons. The lowest BCUT2D eigenvalue weighted by Crippen LogP contribution is -2.41. The molecular formula is C65H81Cl4F20N7O6S4. The molecule has 6 N–H and O–H groups in total. The summed E-state index contributed by atoms with van der Waals surface area (Å²) in [5.41, 5.74) is 5.65. The maximum absolute atomic E-state index is 13.2. The van der Waals surface area contributed by atoms with Gasteiger partial charge >= 0.3 is 47.0 Å². The Hall–Kier alpha value is -5.60. The van der Waals surface area contributed by atoms with E-state index in [9.17, 15) is 96.9 Å². The Morgan fingerprint density at radius 1 is 0.453 bits per heavy atom. The van der Waals surface area contributed by atoms with E-state index in [-0.39, 0.29) is 103 Å².